The highest BCUT2D eigenvalue weighted by Gasteiger charge is 2.42. The Morgan fingerprint density at radius 1 is 1.00 bits per heavy atom. The van der Waals surface area contributed by atoms with Gasteiger partial charge in [0, 0.05) is 12.1 Å². The molecule has 1 amide bonds. The van der Waals surface area contributed by atoms with Crippen molar-refractivity contribution < 1.29 is 9.21 Å². The van der Waals surface area contributed by atoms with Gasteiger partial charge in [-0.2, -0.15) is 0 Å². The van der Waals surface area contributed by atoms with Crippen molar-refractivity contribution in [2.24, 2.45) is 0 Å². The zero-order valence-electron chi connectivity index (χ0n) is 17.7. The zero-order chi connectivity index (χ0) is 21.3. The minimum Gasteiger partial charge on any atom is -0.436 e. The predicted octanol–water partition coefficient (Wildman–Crippen LogP) is 5.93. The highest BCUT2D eigenvalue weighted by Crippen LogP contribution is 2.41. The molecule has 4 nitrogen and oxygen atoms in total. The monoisotopic (exact) mass is 410 g/mol. The number of nitrogens with zero attached hydrogens (tertiary/aromatic N) is 1. The second-order valence-electron chi connectivity index (χ2n) is 8.53. The lowest BCUT2D eigenvalue weighted by molar-refractivity contribution is -0.126. The molecule has 0 radical (unpaired) electrons. The summed E-state index contributed by atoms with van der Waals surface area (Å²) in [4.78, 5) is 17.8. The zero-order valence-corrected chi connectivity index (χ0v) is 17.7. The molecule has 0 saturated heterocycles. The lowest BCUT2D eigenvalue weighted by atomic mass is 9.78. The van der Waals surface area contributed by atoms with E-state index >= 15 is 0 Å². The van der Waals surface area contributed by atoms with Crippen molar-refractivity contribution in [2.75, 3.05) is 0 Å². The third kappa shape index (κ3) is 3.74. The minimum atomic E-state index is -0.391. The van der Waals surface area contributed by atoms with Crippen LogP contribution in [0.5, 0.6) is 0 Å². The maximum absolute atomic E-state index is 13.2. The van der Waals surface area contributed by atoms with E-state index in [-0.39, 0.29) is 5.91 Å². The van der Waals surface area contributed by atoms with Crippen LogP contribution in [0.3, 0.4) is 0 Å². The van der Waals surface area contributed by atoms with E-state index in [0.717, 1.165) is 59.0 Å². The van der Waals surface area contributed by atoms with Gasteiger partial charge in [0.2, 0.25) is 11.8 Å². The van der Waals surface area contributed by atoms with E-state index in [4.69, 9.17) is 4.42 Å². The van der Waals surface area contributed by atoms with E-state index in [2.05, 4.69) is 22.4 Å². The fourth-order valence-electron chi connectivity index (χ4n) is 4.66. The van der Waals surface area contributed by atoms with Crippen LogP contribution in [0.2, 0.25) is 0 Å². The van der Waals surface area contributed by atoms with Crippen LogP contribution < -0.4 is 5.32 Å². The standard InChI is InChI=1S/C27H26N2O2/c1-19-9-14-24-23(17-19)29-25(31-24)21-12-10-20(11-13-21)18-28-26(30)27(15-5-6-16-27)22-7-3-2-4-8-22/h2-4,7-14,17H,5-6,15-16,18H2,1H3,(H,28,30). The molecule has 0 bridgehead atoms. The quantitative estimate of drug-likeness (QED) is 0.443. The Balaban J connectivity index is 1.30. The van der Waals surface area contributed by atoms with Gasteiger partial charge in [0.1, 0.15) is 5.52 Å². The largest absolute Gasteiger partial charge is 0.436 e. The molecule has 5 rings (SSSR count). The number of aryl methyl sites for hydroxylation is 1. The highest BCUT2D eigenvalue weighted by atomic mass is 16.3. The van der Waals surface area contributed by atoms with E-state index in [1.165, 1.54) is 0 Å². The summed E-state index contributed by atoms with van der Waals surface area (Å²) < 4.78 is 5.90. The smallest absolute Gasteiger partial charge is 0.230 e. The summed E-state index contributed by atoms with van der Waals surface area (Å²) in [5.74, 6) is 0.750. The molecule has 1 aromatic heterocycles. The van der Waals surface area contributed by atoms with Gasteiger partial charge in [0.05, 0.1) is 5.41 Å². The van der Waals surface area contributed by atoms with Crippen molar-refractivity contribution >= 4 is 17.0 Å². The average Bonchev–Trinajstić information content (AvgIpc) is 3.46. The van der Waals surface area contributed by atoms with Gasteiger partial charge < -0.3 is 9.73 Å². The van der Waals surface area contributed by atoms with Crippen LogP contribution in [0.15, 0.2) is 77.2 Å². The summed E-state index contributed by atoms with van der Waals surface area (Å²) in [6, 6.07) is 24.3. The summed E-state index contributed by atoms with van der Waals surface area (Å²) in [7, 11) is 0. The molecule has 4 aromatic rings. The number of hydrogen-bond donors (Lipinski definition) is 1. The molecule has 1 heterocycles. The number of carbonyl (C=O) groups excluding carboxylic acids is 1. The number of amides is 1. The molecule has 3 aromatic carbocycles. The lowest BCUT2D eigenvalue weighted by Crippen LogP contribution is -2.42. The number of rotatable bonds is 5. The van der Waals surface area contributed by atoms with E-state index in [1.54, 1.807) is 0 Å². The number of hydrogen-bond acceptors (Lipinski definition) is 3. The van der Waals surface area contributed by atoms with E-state index < -0.39 is 5.41 Å². The summed E-state index contributed by atoms with van der Waals surface area (Å²) in [6.45, 7) is 2.56. The fourth-order valence-corrected chi connectivity index (χ4v) is 4.66. The number of oxazole rings is 1. The number of fused-ring (bicyclic) bond motifs is 1. The molecule has 156 valence electrons. The summed E-state index contributed by atoms with van der Waals surface area (Å²) in [5.41, 5.74) is 5.55. The Morgan fingerprint density at radius 2 is 1.74 bits per heavy atom. The molecule has 31 heavy (non-hydrogen) atoms. The van der Waals surface area contributed by atoms with Crippen molar-refractivity contribution in [3.05, 3.63) is 89.5 Å². The molecule has 0 aliphatic heterocycles. The maximum Gasteiger partial charge on any atom is 0.230 e. The Hall–Kier alpha value is -3.40. The van der Waals surface area contributed by atoms with E-state index in [9.17, 15) is 4.79 Å². The van der Waals surface area contributed by atoms with Crippen molar-refractivity contribution in [1.29, 1.82) is 0 Å². The predicted molar refractivity (Wildman–Crippen MR) is 123 cm³/mol. The van der Waals surface area contributed by atoms with E-state index in [0.29, 0.717) is 12.4 Å². The third-order valence-corrected chi connectivity index (χ3v) is 6.42. The molecule has 4 heteroatoms. The van der Waals surface area contributed by atoms with Gasteiger partial charge in [-0.25, -0.2) is 4.98 Å². The molecule has 1 saturated carbocycles. The van der Waals surface area contributed by atoms with Crippen LogP contribution in [0, 0.1) is 6.92 Å². The van der Waals surface area contributed by atoms with Crippen LogP contribution in [-0.4, -0.2) is 10.9 Å². The maximum atomic E-state index is 13.2. The average molecular weight is 411 g/mol. The van der Waals surface area contributed by atoms with Gasteiger partial charge >= 0.3 is 0 Å². The van der Waals surface area contributed by atoms with Crippen LogP contribution in [-0.2, 0) is 16.8 Å². The number of benzene rings is 3. The fraction of sp³-hybridized carbons (Fsp3) is 0.259. The van der Waals surface area contributed by atoms with Crippen LogP contribution in [0.1, 0.15) is 42.4 Å². The Kier molecular flexibility index (Phi) is 5.06. The van der Waals surface area contributed by atoms with Crippen LogP contribution >= 0.6 is 0 Å². The molecule has 1 N–H and O–H groups in total. The molecular weight excluding hydrogens is 384 g/mol. The van der Waals surface area contributed by atoms with Gasteiger partial charge in [-0.05, 0) is 60.7 Å². The molecule has 0 spiro atoms. The lowest BCUT2D eigenvalue weighted by Gasteiger charge is -2.28. The molecule has 0 atom stereocenters. The molecule has 1 aliphatic carbocycles. The van der Waals surface area contributed by atoms with Crippen molar-refractivity contribution in [1.82, 2.24) is 10.3 Å². The van der Waals surface area contributed by atoms with E-state index in [1.807, 2.05) is 67.6 Å². The number of carbonyl (C=O) groups is 1. The van der Waals surface area contributed by atoms with Crippen molar-refractivity contribution in [2.45, 2.75) is 44.6 Å². The minimum absolute atomic E-state index is 0.134. The highest BCUT2D eigenvalue weighted by molar-refractivity contribution is 5.88. The summed E-state index contributed by atoms with van der Waals surface area (Å²) in [6.07, 6.45) is 4.03. The van der Waals surface area contributed by atoms with Gasteiger partial charge in [-0.1, -0.05) is 61.4 Å². The molecular formula is C27H26N2O2. The second kappa shape index (κ2) is 8.03. The number of aromatic nitrogens is 1. The molecule has 1 fully saturated rings. The first kappa shape index (κ1) is 19.6. The first-order valence-electron chi connectivity index (χ1n) is 10.9. The second-order valence-corrected chi connectivity index (χ2v) is 8.53. The first-order valence-corrected chi connectivity index (χ1v) is 10.9. The van der Waals surface area contributed by atoms with Crippen molar-refractivity contribution in [3.63, 3.8) is 0 Å². The SMILES string of the molecule is Cc1ccc2oc(-c3ccc(CNC(=O)C4(c5ccccc5)CCCC4)cc3)nc2c1. The topological polar surface area (TPSA) is 55.1 Å². The Bertz CT molecular complexity index is 1200. The van der Waals surface area contributed by atoms with Crippen LogP contribution in [0.25, 0.3) is 22.6 Å². The normalized spacial score (nSPS) is 15.3. The van der Waals surface area contributed by atoms with Crippen LogP contribution in [0.4, 0.5) is 0 Å². The summed E-state index contributed by atoms with van der Waals surface area (Å²) >= 11 is 0. The van der Waals surface area contributed by atoms with Gasteiger partial charge in [-0.3, -0.25) is 4.79 Å². The molecule has 1 aliphatic rings. The van der Waals surface area contributed by atoms with Gasteiger partial charge in [-0.15, -0.1) is 0 Å². The summed E-state index contributed by atoms with van der Waals surface area (Å²) in [5, 5.41) is 3.19. The molecule has 0 unspecified atom stereocenters. The van der Waals surface area contributed by atoms with Gasteiger partial charge in [0.15, 0.2) is 5.58 Å². The van der Waals surface area contributed by atoms with Crippen molar-refractivity contribution in [3.8, 4) is 11.5 Å². The Labute approximate surface area is 182 Å². The van der Waals surface area contributed by atoms with Gasteiger partial charge in [0.25, 0.3) is 0 Å². The number of nitrogens with one attached hydrogen (secondary N) is 1. The third-order valence-electron chi connectivity index (χ3n) is 6.42. The first-order chi connectivity index (χ1) is 15.1. The Morgan fingerprint density at radius 3 is 2.48 bits per heavy atom.